The topological polar surface area (TPSA) is 60.5 Å². The molecule has 1 atom stereocenters. The molecule has 5 nitrogen and oxygen atoms in total. The summed E-state index contributed by atoms with van der Waals surface area (Å²) in [5, 5.41) is 3.23. The lowest BCUT2D eigenvalue weighted by atomic mass is 9.98. The Morgan fingerprint density at radius 2 is 1.79 bits per heavy atom. The van der Waals surface area contributed by atoms with Crippen molar-refractivity contribution < 1.29 is 14.3 Å². The third-order valence-corrected chi connectivity index (χ3v) is 4.36. The zero-order chi connectivity index (χ0) is 19.8. The van der Waals surface area contributed by atoms with E-state index in [2.05, 4.69) is 10.3 Å². The molecule has 0 aliphatic carbocycles. The van der Waals surface area contributed by atoms with E-state index in [4.69, 9.17) is 9.47 Å². The minimum absolute atomic E-state index is 0.0107. The number of benzene rings is 2. The van der Waals surface area contributed by atoms with Crippen LogP contribution in [-0.4, -0.2) is 24.4 Å². The van der Waals surface area contributed by atoms with E-state index >= 15 is 0 Å². The van der Waals surface area contributed by atoms with Gasteiger partial charge in [-0.3, -0.25) is 4.79 Å². The van der Waals surface area contributed by atoms with Crippen LogP contribution in [0.15, 0.2) is 72.9 Å². The Morgan fingerprint density at radius 3 is 2.39 bits per heavy atom. The fourth-order valence-electron chi connectivity index (χ4n) is 2.87. The summed E-state index contributed by atoms with van der Waals surface area (Å²) in [5.41, 5.74) is 2.52. The van der Waals surface area contributed by atoms with Crippen LogP contribution in [0.4, 0.5) is 0 Å². The summed E-state index contributed by atoms with van der Waals surface area (Å²) in [6.07, 6.45) is 1.67. The largest absolute Gasteiger partial charge is 0.489 e. The molecule has 1 N–H and O–H groups in total. The fraction of sp³-hybridized carbons (Fsp3) is 0.217. The van der Waals surface area contributed by atoms with Crippen molar-refractivity contribution in [1.82, 2.24) is 10.3 Å². The van der Waals surface area contributed by atoms with Crippen LogP contribution in [0.2, 0.25) is 0 Å². The molecule has 28 heavy (non-hydrogen) atoms. The second kappa shape index (κ2) is 9.67. The Hall–Kier alpha value is -3.18. The predicted molar refractivity (Wildman–Crippen MR) is 109 cm³/mol. The van der Waals surface area contributed by atoms with Crippen molar-refractivity contribution in [3.8, 4) is 11.6 Å². The van der Waals surface area contributed by atoms with Gasteiger partial charge in [0.2, 0.25) is 5.88 Å². The predicted octanol–water partition coefficient (Wildman–Crippen LogP) is 4.20. The van der Waals surface area contributed by atoms with Crippen molar-refractivity contribution in [2.75, 3.05) is 13.7 Å². The van der Waals surface area contributed by atoms with Crippen LogP contribution in [0.1, 0.15) is 34.5 Å². The van der Waals surface area contributed by atoms with Gasteiger partial charge in [0.05, 0.1) is 13.2 Å². The Bertz CT molecular complexity index is 878. The Morgan fingerprint density at radius 1 is 1.04 bits per heavy atom. The van der Waals surface area contributed by atoms with E-state index in [0.29, 0.717) is 24.6 Å². The lowest BCUT2D eigenvalue weighted by molar-refractivity contribution is 0.0943. The molecule has 0 saturated carbocycles. The number of ketones is 1. The minimum Gasteiger partial charge on any atom is -0.489 e. The van der Waals surface area contributed by atoms with Crippen molar-refractivity contribution in [2.24, 2.45) is 0 Å². The molecule has 1 unspecified atom stereocenters. The number of aromatic nitrogens is 1. The SMILES string of the molecule is CCNC(C(=O)c1ccc(OCc2ccccc2)cc1)c1ccc(OC)nc1. The molecular weight excluding hydrogens is 352 g/mol. The number of methoxy groups -OCH3 is 1. The highest BCUT2D eigenvalue weighted by molar-refractivity contribution is 6.00. The molecule has 2 aromatic carbocycles. The molecule has 0 aliphatic heterocycles. The maximum Gasteiger partial charge on any atom is 0.212 e. The van der Waals surface area contributed by atoms with Crippen LogP contribution >= 0.6 is 0 Å². The first kappa shape index (κ1) is 19.6. The third-order valence-electron chi connectivity index (χ3n) is 4.36. The van der Waals surface area contributed by atoms with Crippen molar-refractivity contribution in [3.63, 3.8) is 0 Å². The van der Waals surface area contributed by atoms with E-state index in [9.17, 15) is 4.79 Å². The molecule has 0 radical (unpaired) electrons. The lowest BCUT2D eigenvalue weighted by Crippen LogP contribution is -2.28. The molecule has 0 saturated heterocycles. The number of Topliss-reactive ketones (excluding diaryl/α,β-unsaturated/α-hetero) is 1. The number of carbonyl (C=O) groups excluding carboxylic acids is 1. The fourth-order valence-corrected chi connectivity index (χ4v) is 2.87. The quantitative estimate of drug-likeness (QED) is 0.567. The van der Waals surface area contributed by atoms with E-state index in [1.807, 2.05) is 55.5 Å². The van der Waals surface area contributed by atoms with E-state index < -0.39 is 6.04 Å². The van der Waals surface area contributed by atoms with E-state index in [1.54, 1.807) is 31.5 Å². The maximum atomic E-state index is 13.0. The molecule has 1 aromatic heterocycles. The zero-order valence-corrected chi connectivity index (χ0v) is 16.1. The summed E-state index contributed by atoms with van der Waals surface area (Å²) in [7, 11) is 1.57. The summed E-state index contributed by atoms with van der Waals surface area (Å²) in [6, 6.07) is 20.4. The average molecular weight is 376 g/mol. The first-order chi connectivity index (χ1) is 13.7. The standard InChI is InChI=1S/C23H24N2O3/c1-3-24-22(19-11-14-21(27-2)25-15-19)23(26)18-9-12-20(13-10-18)28-16-17-7-5-4-6-8-17/h4-15,22,24H,3,16H2,1-2H3. The Balaban J connectivity index is 1.70. The van der Waals surface area contributed by atoms with E-state index in [-0.39, 0.29) is 5.78 Å². The van der Waals surface area contributed by atoms with Gasteiger partial charge in [0, 0.05) is 17.8 Å². The number of pyridine rings is 1. The van der Waals surface area contributed by atoms with Gasteiger partial charge in [-0.15, -0.1) is 0 Å². The number of rotatable bonds is 9. The number of nitrogens with zero attached hydrogens (tertiary/aromatic N) is 1. The van der Waals surface area contributed by atoms with Crippen LogP contribution in [0.3, 0.4) is 0 Å². The van der Waals surface area contributed by atoms with Gasteiger partial charge >= 0.3 is 0 Å². The number of hydrogen-bond donors (Lipinski definition) is 1. The lowest BCUT2D eigenvalue weighted by Gasteiger charge is -2.17. The summed E-state index contributed by atoms with van der Waals surface area (Å²) >= 11 is 0. The highest BCUT2D eigenvalue weighted by Gasteiger charge is 2.21. The number of carbonyl (C=O) groups is 1. The van der Waals surface area contributed by atoms with Crippen LogP contribution in [0.25, 0.3) is 0 Å². The van der Waals surface area contributed by atoms with Crippen molar-refractivity contribution >= 4 is 5.78 Å². The zero-order valence-electron chi connectivity index (χ0n) is 16.1. The van der Waals surface area contributed by atoms with Crippen molar-refractivity contribution in [3.05, 3.63) is 89.6 Å². The minimum atomic E-state index is -0.459. The summed E-state index contributed by atoms with van der Waals surface area (Å²) < 4.78 is 10.9. The molecule has 0 fully saturated rings. The van der Waals surface area contributed by atoms with Gasteiger partial charge in [-0.2, -0.15) is 0 Å². The third kappa shape index (κ3) is 4.96. The molecule has 0 amide bonds. The first-order valence-electron chi connectivity index (χ1n) is 9.25. The molecule has 3 aromatic rings. The van der Waals surface area contributed by atoms with Gasteiger partial charge in [0.25, 0.3) is 0 Å². The van der Waals surface area contributed by atoms with Gasteiger partial charge in [0.15, 0.2) is 5.78 Å². The van der Waals surface area contributed by atoms with Gasteiger partial charge in [0.1, 0.15) is 12.4 Å². The normalized spacial score (nSPS) is 11.6. The number of ether oxygens (including phenoxy) is 2. The molecule has 1 heterocycles. The second-order valence-corrected chi connectivity index (χ2v) is 6.29. The maximum absolute atomic E-state index is 13.0. The highest BCUT2D eigenvalue weighted by atomic mass is 16.5. The molecule has 144 valence electrons. The van der Waals surface area contributed by atoms with Crippen molar-refractivity contribution in [1.29, 1.82) is 0 Å². The number of hydrogen-bond acceptors (Lipinski definition) is 5. The molecular formula is C23H24N2O3. The molecule has 0 aliphatic rings. The molecule has 3 rings (SSSR count). The first-order valence-corrected chi connectivity index (χ1v) is 9.25. The molecule has 0 bridgehead atoms. The van der Waals surface area contributed by atoms with Gasteiger partial charge in [-0.1, -0.05) is 43.3 Å². The van der Waals surface area contributed by atoms with Crippen LogP contribution in [0, 0.1) is 0 Å². The average Bonchev–Trinajstić information content (AvgIpc) is 2.77. The molecule has 0 spiro atoms. The van der Waals surface area contributed by atoms with Crippen LogP contribution in [-0.2, 0) is 6.61 Å². The van der Waals surface area contributed by atoms with Crippen molar-refractivity contribution in [2.45, 2.75) is 19.6 Å². The number of likely N-dealkylation sites (N-methyl/N-ethyl adjacent to an activating group) is 1. The van der Waals surface area contributed by atoms with Crippen LogP contribution < -0.4 is 14.8 Å². The van der Waals surface area contributed by atoms with Gasteiger partial charge in [-0.05, 0) is 41.9 Å². The monoisotopic (exact) mass is 376 g/mol. The second-order valence-electron chi connectivity index (χ2n) is 6.29. The van der Waals surface area contributed by atoms with E-state index in [1.165, 1.54) is 0 Å². The molecule has 5 heteroatoms. The Labute approximate surface area is 165 Å². The summed E-state index contributed by atoms with van der Waals surface area (Å²) in [4.78, 5) is 17.2. The summed E-state index contributed by atoms with van der Waals surface area (Å²) in [5.74, 6) is 1.24. The van der Waals surface area contributed by atoms with Crippen LogP contribution in [0.5, 0.6) is 11.6 Å². The smallest absolute Gasteiger partial charge is 0.212 e. The Kier molecular flexibility index (Phi) is 6.76. The number of nitrogens with one attached hydrogen (secondary N) is 1. The van der Waals surface area contributed by atoms with Gasteiger partial charge < -0.3 is 14.8 Å². The highest BCUT2D eigenvalue weighted by Crippen LogP contribution is 2.22. The van der Waals surface area contributed by atoms with Gasteiger partial charge in [-0.25, -0.2) is 4.98 Å². The van der Waals surface area contributed by atoms with E-state index in [0.717, 1.165) is 16.9 Å². The summed E-state index contributed by atoms with van der Waals surface area (Å²) in [6.45, 7) is 3.13.